The summed E-state index contributed by atoms with van der Waals surface area (Å²) < 4.78 is 0. The van der Waals surface area contributed by atoms with Crippen LogP contribution in [-0.2, 0) is 9.59 Å². The molecule has 1 N–H and O–H groups in total. The average Bonchev–Trinajstić information content (AvgIpc) is 2.38. The molecule has 4 nitrogen and oxygen atoms in total. The van der Waals surface area contributed by atoms with Crippen molar-refractivity contribution in [2.45, 2.75) is 78.2 Å². The van der Waals surface area contributed by atoms with E-state index in [2.05, 4.69) is 19.2 Å². The Bertz CT molecular complexity index is 335. The third-order valence-electron chi connectivity index (χ3n) is 4.52. The summed E-state index contributed by atoms with van der Waals surface area (Å²) in [4.78, 5) is 23.3. The van der Waals surface area contributed by atoms with E-state index in [1.807, 2.05) is 6.92 Å². The van der Waals surface area contributed by atoms with Crippen LogP contribution in [0.2, 0.25) is 0 Å². The normalized spacial score (nSPS) is 19.2. The van der Waals surface area contributed by atoms with Gasteiger partial charge in [0.2, 0.25) is 5.91 Å². The minimum atomic E-state index is -1.02. The van der Waals surface area contributed by atoms with Crippen molar-refractivity contribution < 1.29 is 14.7 Å². The van der Waals surface area contributed by atoms with E-state index < -0.39 is 11.9 Å². The largest absolute Gasteiger partial charge is 0.550 e. The fourth-order valence-electron chi connectivity index (χ4n) is 3.12. The summed E-state index contributed by atoms with van der Waals surface area (Å²) in [6.45, 7) is 6.00. The Balaban J connectivity index is 2.41. The molecule has 0 radical (unpaired) electrons. The molecule has 4 heteroatoms. The van der Waals surface area contributed by atoms with Crippen LogP contribution in [0.5, 0.6) is 0 Å². The van der Waals surface area contributed by atoms with E-state index in [4.69, 9.17) is 0 Å². The highest BCUT2D eigenvalue weighted by molar-refractivity contribution is 5.77. The van der Waals surface area contributed by atoms with Crippen molar-refractivity contribution in [1.29, 1.82) is 0 Å². The molecule has 0 bridgehead atoms. The topological polar surface area (TPSA) is 69.2 Å². The van der Waals surface area contributed by atoms with Gasteiger partial charge in [-0.25, -0.2) is 0 Å². The molecule has 1 rings (SSSR count). The first-order valence-corrected chi connectivity index (χ1v) is 8.40. The van der Waals surface area contributed by atoms with Gasteiger partial charge in [0.1, 0.15) is 0 Å². The fourth-order valence-corrected chi connectivity index (χ4v) is 3.12. The first kappa shape index (κ1) is 18.0. The third-order valence-corrected chi connectivity index (χ3v) is 4.52. The zero-order chi connectivity index (χ0) is 15.8. The molecule has 0 aromatic carbocycles. The number of nitrogens with one attached hydrogen (secondary N) is 1. The zero-order valence-electron chi connectivity index (χ0n) is 13.7. The van der Waals surface area contributed by atoms with E-state index in [9.17, 15) is 14.7 Å². The number of hydrogen-bond donors (Lipinski definition) is 1. The van der Waals surface area contributed by atoms with Gasteiger partial charge in [0, 0.05) is 24.3 Å². The standard InChI is InChI=1S/C17H31NO3/c1-12(2)9-10-15(17(20)21)13(3)11-16(19)18-14-7-5-4-6-8-14/h12-15H,4-11H2,1-3H3,(H,18,19)(H,20,21)/p-1/t13-,15-/m1/s1. The van der Waals surface area contributed by atoms with Crippen LogP contribution in [0, 0.1) is 17.8 Å². The Morgan fingerprint density at radius 1 is 1.10 bits per heavy atom. The molecule has 0 unspecified atom stereocenters. The summed E-state index contributed by atoms with van der Waals surface area (Å²) in [5.41, 5.74) is 0. The van der Waals surface area contributed by atoms with Crippen molar-refractivity contribution in [2.24, 2.45) is 17.8 Å². The molecule has 1 amide bonds. The molecule has 0 aromatic rings. The van der Waals surface area contributed by atoms with Gasteiger partial charge in [0.05, 0.1) is 0 Å². The Labute approximate surface area is 128 Å². The number of carboxylic acid groups (broad SMARTS) is 1. The highest BCUT2D eigenvalue weighted by atomic mass is 16.4. The lowest BCUT2D eigenvalue weighted by Crippen LogP contribution is -2.40. The number of carbonyl (C=O) groups is 2. The number of hydrogen-bond acceptors (Lipinski definition) is 3. The summed E-state index contributed by atoms with van der Waals surface area (Å²) in [6.07, 6.45) is 7.45. The van der Waals surface area contributed by atoms with E-state index >= 15 is 0 Å². The number of rotatable bonds is 8. The van der Waals surface area contributed by atoms with Crippen LogP contribution in [0.25, 0.3) is 0 Å². The summed E-state index contributed by atoms with van der Waals surface area (Å²) in [5, 5.41) is 14.3. The van der Waals surface area contributed by atoms with Gasteiger partial charge in [0.25, 0.3) is 0 Å². The number of aliphatic carboxylic acids is 1. The first-order chi connectivity index (χ1) is 9.90. The van der Waals surface area contributed by atoms with Gasteiger partial charge >= 0.3 is 0 Å². The van der Waals surface area contributed by atoms with E-state index in [1.54, 1.807) is 0 Å². The minimum absolute atomic E-state index is 0.00908. The van der Waals surface area contributed by atoms with Gasteiger partial charge in [-0.15, -0.1) is 0 Å². The maximum absolute atomic E-state index is 12.1. The highest BCUT2D eigenvalue weighted by Gasteiger charge is 2.23. The van der Waals surface area contributed by atoms with Gasteiger partial charge < -0.3 is 15.2 Å². The second-order valence-corrected chi connectivity index (χ2v) is 6.98. The average molecular weight is 296 g/mol. The van der Waals surface area contributed by atoms with E-state index in [0.717, 1.165) is 19.3 Å². The second kappa shape index (κ2) is 9.06. The highest BCUT2D eigenvalue weighted by Crippen LogP contribution is 2.23. The third kappa shape index (κ3) is 6.96. The predicted octanol–water partition coefficient (Wildman–Crippen LogP) is 2.26. The number of carboxylic acids is 1. The molecular weight excluding hydrogens is 266 g/mol. The fraction of sp³-hybridized carbons (Fsp3) is 0.882. The van der Waals surface area contributed by atoms with Gasteiger partial charge in [-0.05, 0) is 31.1 Å². The van der Waals surface area contributed by atoms with E-state index in [0.29, 0.717) is 12.3 Å². The molecule has 0 aromatic heterocycles. The molecule has 21 heavy (non-hydrogen) atoms. The van der Waals surface area contributed by atoms with Crippen molar-refractivity contribution in [3.8, 4) is 0 Å². The lowest BCUT2D eigenvalue weighted by Gasteiger charge is -2.27. The molecule has 0 heterocycles. The quantitative estimate of drug-likeness (QED) is 0.747. The molecule has 1 fully saturated rings. The molecular formula is C17H30NO3-. The zero-order valence-corrected chi connectivity index (χ0v) is 13.7. The molecule has 0 spiro atoms. The maximum atomic E-state index is 12.1. The molecule has 1 aliphatic rings. The second-order valence-electron chi connectivity index (χ2n) is 6.98. The lowest BCUT2D eigenvalue weighted by molar-refractivity contribution is -0.313. The van der Waals surface area contributed by atoms with Crippen LogP contribution in [-0.4, -0.2) is 17.9 Å². The van der Waals surface area contributed by atoms with Crippen LogP contribution < -0.4 is 10.4 Å². The lowest BCUT2D eigenvalue weighted by atomic mass is 9.85. The van der Waals surface area contributed by atoms with Crippen molar-refractivity contribution in [2.75, 3.05) is 0 Å². The van der Waals surface area contributed by atoms with Crippen molar-refractivity contribution in [1.82, 2.24) is 5.32 Å². The summed E-state index contributed by atoms with van der Waals surface area (Å²) >= 11 is 0. The van der Waals surface area contributed by atoms with Gasteiger partial charge in [-0.1, -0.05) is 46.5 Å². The van der Waals surface area contributed by atoms with E-state index in [1.165, 1.54) is 19.3 Å². The van der Waals surface area contributed by atoms with Gasteiger partial charge in [-0.2, -0.15) is 0 Å². The molecule has 1 aliphatic carbocycles. The van der Waals surface area contributed by atoms with E-state index in [-0.39, 0.29) is 24.3 Å². The maximum Gasteiger partial charge on any atom is 0.220 e. The summed E-state index contributed by atoms with van der Waals surface area (Å²) in [5.74, 6) is -1.25. The molecule has 0 saturated heterocycles. The SMILES string of the molecule is CC(C)CC[C@@H](C(=O)[O-])[C@H](C)CC(=O)NC1CCCCC1. The Morgan fingerprint density at radius 3 is 2.24 bits per heavy atom. The van der Waals surface area contributed by atoms with Crippen molar-refractivity contribution in [3.05, 3.63) is 0 Å². The Hall–Kier alpha value is -1.06. The van der Waals surface area contributed by atoms with Gasteiger partial charge in [0.15, 0.2) is 0 Å². The monoisotopic (exact) mass is 296 g/mol. The van der Waals surface area contributed by atoms with Crippen LogP contribution in [0.15, 0.2) is 0 Å². The Kier molecular flexibility index (Phi) is 7.76. The van der Waals surface area contributed by atoms with Crippen LogP contribution in [0.4, 0.5) is 0 Å². The predicted molar refractivity (Wildman–Crippen MR) is 81.4 cm³/mol. The van der Waals surface area contributed by atoms with Crippen LogP contribution >= 0.6 is 0 Å². The molecule has 122 valence electrons. The van der Waals surface area contributed by atoms with Gasteiger partial charge in [-0.3, -0.25) is 4.79 Å². The van der Waals surface area contributed by atoms with Crippen LogP contribution in [0.1, 0.15) is 72.1 Å². The van der Waals surface area contributed by atoms with Crippen molar-refractivity contribution >= 4 is 11.9 Å². The molecule has 2 atom stereocenters. The number of amides is 1. The molecule has 1 saturated carbocycles. The number of carbonyl (C=O) groups excluding carboxylic acids is 2. The molecule has 0 aliphatic heterocycles. The van der Waals surface area contributed by atoms with Crippen LogP contribution in [0.3, 0.4) is 0 Å². The minimum Gasteiger partial charge on any atom is -0.550 e. The smallest absolute Gasteiger partial charge is 0.220 e. The summed E-state index contributed by atoms with van der Waals surface area (Å²) in [7, 11) is 0. The van der Waals surface area contributed by atoms with Crippen molar-refractivity contribution in [3.63, 3.8) is 0 Å². The Morgan fingerprint density at radius 2 is 1.71 bits per heavy atom. The summed E-state index contributed by atoms with van der Waals surface area (Å²) in [6, 6.07) is 0.288. The first-order valence-electron chi connectivity index (χ1n) is 8.40.